The van der Waals surface area contributed by atoms with Gasteiger partial charge in [-0.1, -0.05) is 0 Å². The third-order valence-corrected chi connectivity index (χ3v) is 6.09. The summed E-state index contributed by atoms with van der Waals surface area (Å²) in [4.78, 5) is 22.6. The van der Waals surface area contributed by atoms with Gasteiger partial charge in [-0.05, 0) is 48.5 Å². The molecular weight excluding hydrogens is 427 g/mol. The van der Waals surface area contributed by atoms with E-state index >= 15 is 0 Å². The molecule has 2 N–H and O–H groups in total. The monoisotopic (exact) mass is 443 g/mol. The molecule has 0 bridgehead atoms. The zero-order chi connectivity index (χ0) is 22.1. The van der Waals surface area contributed by atoms with Crippen LogP contribution in [-0.2, 0) is 21.0 Å². The molecule has 30 heavy (non-hydrogen) atoms. The molecule has 160 valence electrons. The second kappa shape index (κ2) is 7.95. The van der Waals surface area contributed by atoms with Gasteiger partial charge in [0.1, 0.15) is 17.5 Å². The second-order valence-corrected chi connectivity index (χ2v) is 8.44. The average molecular weight is 443 g/mol. The molecule has 1 unspecified atom stereocenters. The predicted octanol–water partition coefficient (Wildman–Crippen LogP) is 2.33. The number of nitrogens with one attached hydrogen (secondary N) is 2. The zero-order valence-corrected chi connectivity index (χ0v) is 16.3. The van der Waals surface area contributed by atoms with E-state index in [9.17, 15) is 31.2 Å². The molecule has 2 aromatic rings. The van der Waals surface area contributed by atoms with Crippen LogP contribution in [0, 0.1) is 0 Å². The van der Waals surface area contributed by atoms with E-state index in [-0.39, 0.29) is 22.9 Å². The molecule has 0 saturated carbocycles. The summed E-state index contributed by atoms with van der Waals surface area (Å²) in [6, 6.07) is 7.59. The fraction of sp³-hybridized carbons (Fsp3) is 0.222. The summed E-state index contributed by atoms with van der Waals surface area (Å²) in [5.41, 5.74) is -0.813. The Morgan fingerprint density at radius 2 is 1.53 bits per heavy atom. The number of halogens is 3. The lowest BCUT2D eigenvalue weighted by atomic mass is 10.2. The standard InChI is InChI=1S/C18H16F3N3O5S/c1-24(10-15-16(25)23-17(26)22-15)30(27,28)14-8-6-13(7-9-14)29-12-4-2-11(3-5-12)18(19,20)21/h2-9,15H,10H2,1H3,(H2,22,23,25,26). The Kier molecular flexibility index (Phi) is 5.72. The van der Waals surface area contributed by atoms with Crippen molar-refractivity contribution in [3.63, 3.8) is 0 Å². The van der Waals surface area contributed by atoms with Gasteiger partial charge in [0.25, 0.3) is 5.91 Å². The first kappa shape index (κ1) is 21.6. The Morgan fingerprint density at radius 3 is 2.00 bits per heavy atom. The van der Waals surface area contributed by atoms with Crippen molar-refractivity contribution in [2.24, 2.45) is 0 Å². The number of benzene rings is 2. The van der Waals surface area contributed by atoms with Crippen molar-refractivity contribution in [3.8, 4) is 11.5 Å². The molecule has 1 saturated heterocycles. The number of amides is 3. The van der Waals surface area contributed by atoms with Crippen LogP contribution in [-0.4, -0.2) is 44.3 Å². The minimum absolute atomic E-state index is 0.0884. The van der Waals surface area contributed by atoms with Crippen LogP contribution in [0.15, 0.2) is 53.4 Å². The highest BCUT2D eigenvalue weighted by Gasteiger charge is 2.33. The highest BCUT2D eigenvalue weighted by Crippen LogP contribution is 2.31. The van der Waals surface area contributed by atoms with E-state index in [0.717, 1.165) is 28.6 Å². The van der Waals surface area contributed by atoms with E-state index in [0.29, 0.717) is 0 Å². The SMILES string of the molecule is CN(CC1NC(=O)NC1=O)S(=O)(=O)c1ccc(Oc2ccc(C(F)(F)F)cc2)cc1. The lowest BCUT2D eigenvalue weighted by molar-refractivity contribution is -0.137. The molecule has 2 aromatic carbocycles. The lowest BCUT2D eigenvalue weighted by Gasteiger charge is -2.19. The number of hydrogen-bond acceptors (Lipinski definition) is 5. The van der Waals surface area contributed by atoms with Crippen molar-refractivity contribution >= 4 is 22.0 Å². The molecule has 12 heteroatoms. The molecule has 3 rings (SSSR count). The number of imide groups is 1. The summed E-state index contributed by atoms with van der Waals surface area (Å²) >= 11 is 0. The third-order valence-electron chi connectivity index (χ3n) is 4.25. The first-order chi connectivity index (χ1) is 14.0. The summed E-state index contributed by atoms with van der Waals surface area (Å²) in [6.45, 7) is -0.260. The fourth-order valence-electron chi connectivity index (χ4n) is 2.65. The van der Waals surface area contributed by atoms with Crippen molar-refractivity contribution in [1.29, 1.82) is 0 Å². The van der Waals surface area contributed by atoms with Gasteiger partial charge in [0.2, 0.25) is 10.0 Å². The van der Waals surface area contributed by atoms with Crippen LogP contribution in [0.4, 0.5) is 18.0 Å². The molecule has 1 atom stereocenters. The van der Waals surface area contributed by atoms with E-state index < -0.39 is 39.7 Å². The number of rotatable bonds is 6. The average Bonchev–Trinajstić information content (AvgIpc) is 2.98. The first-order valence-electron chi connectivity index (χ1n) is 8.50. The molecule has 0 radical (unpaired) electrons. The van der Waals surface area contributed by atoms with Crippen LogP contribution in [0.2, 0.25) is 0 Å². The molecule has 1 heterocycles. The van der Waals surface area contributed by atoms with Crippen LogP contribution >= 0.6 is 0 Å². The van der Waals surface area contributed by atoms with Gasteiger partial charge in [-0.2, -0.15) is 17.5 Å². The van der Waals surface area contributed by atoms with Gasteiger partial charge in [-0.3, -0.25) is 10.1 Å². The van der Waals surface area contributed by atoms with E-state index in [4.69, 9.17) is 4.74 Å². The highest BCUT2D eigenvalue weighted by atomic mass is 32.2. The Morgan fingerprint density at radius 1 is 1.00 bits per heavy atom. The molecule has 1 fully saturated rings. The molecule has 0 aromatic heterocycles. The Balaban J connectivity index is 1.68. The Bertz CT molecular complexity index is 1050. The maximum absolute atomic E-state index is 12.6. The van der Waals surface area contributed by atoms with Crippen molar-refractivity contribution in [2.75, 3.05) is 13.6 Å². The van der Waals surface area contributed by atoms with Crippen molar-refractivity contribution < 1.29 is 35.9 Å². The molecule has 0 spiro atoms. The molecule has 0 aliphatic carbocycles. The molecule has 1 aliphatic heterocycles. The summed E-state index contributed by atoms with van der Waals surface area (Å²) in [6.07, 6.45) is -4.46. The number of nitrogens with zero attached hydrogens (tertiary/aromatic N) is 1. The number of likely N-dealkylation sites (N-methyl/N-ethyl adjacent to an activating group) is 1. The summed E-state index contributed by atoms with van der Waals surface area (Å²) in [7, 11) is -2.69. The number of carbonyl (C=O) groups is 2. The minimum atomic E-state index is -4.46. The maximum atomic E-state index is 12.6. The lowest BCUT2D eigenvalue weighted by Crippen LogP contribution is -2.42. The van der Waals surface area contributed by atoms with Gasteiger partial charge in [-0.25, -0.2) is 13.2 Å². The highest BCUT2D eigenvalue weighted by molar-refractivity contribution is 7.89. The number of sulfonamides is 1. The minimum Gasteiger partial charge on any atom is -0.457 e. The van der Waals surface area contributed by atoms with Gasteiger partial charge in [0.05, 0.1) is 10.5 Å². The van der Waals surface area contributed by atoms with Crippen LogP contribution in [0.1, 0.15) is 5.56 Å². The van der Waals surface area contributed by atoms with Crippen LogP contribution < -0.4 is 15.4 Å². The number of ether oxygens (including phenoxy) is 1. The van der Waals surface area contributed by atoms with Crippen LogP contribution in [0.5, 0.6) is 11.5 Å². The topological polar surface area (TPSA) is 105 Å². The van der Waals surface area contributed by atoms with E-state index in [1.54, 1.807) is 0 Å². The molecule has 1 aliphatic rings. The molecule has 8 nitrogen and oxygen atoms in total. The largest absolute Gasteiger partial charge is 0.457 e. The maximum Gasteiger partial charge on any atom is 0.416 e. The first-order valence-corrected chi connectivity index (χ1v) is 9.94. The van der Waals surface area contributed by atoms with Gasteiger partial charge in [0.15, 0.2) is 0 Å². The number of urea groups is 1. The summed E-state index contributed by atoms with van der Waals surface area (Å²) in [5.74, 6) is -0.250. The number of carbonyl (C=O) groups excluding carboxylic acids is 2. The van der Waals surface area contributed by atoms with E-state index in [1.807, 2.05) is 5.32 Å². The van der Waals surface area contributed by atoms with Gasteiger partial charge >= 0.3 is 12.2 Å². The number of hydrogen-bond donors (Lipinski definition) is 2. The van der Waals surface area contributed by atoms with Crippen molar-refractivity contribution in [2.45, 2.75) is 17.1 Å². The Labute approximate surface area is 169 Å². The zero-order valence-electron chi connectivity index (χ0n) is 15.4. The van der Waals surface area contributed by atoms with Crippen LogP contribution in [0.3, 0.4) is 0 Å². The Hall–Kier alpha value is -3.12. The summed E-state index contributed by atoms with van der Waals surface area (Å²) < 4.78 is 69.4. The molecular formula is C18H16F3N3O5S. The van der Waals surface area contributed by atoms with Gasteiger partial charge < -0.3 is 10.1 Å². The van der Waals surface area contributed by atoms with Crippen LogP contribution in [0.25, 0.3) is 0 Å². The smallest absolute Gasteiger partial charge is 0.416 e. The molecule has 3 amide bonds. The summed E-state index contributed by atoms with van der Waals surface area (Å²) in [5, 5.41) is 4.33. The predicted molar refractivity (Wildman–Crippen MR) is 98.2 cm³/mol. The fourth-order valence-corrected chi connectivity index (χ4v) is 3.84. The van der Waals surface area contributed by atoms with Crippen molar-refractivity contribution in [3.05, 3.63) is 54.1 Å². The third kappa shape index (κ3) is 4.71. The van der Waals surface area contributed by atoms with E-state index in [2.05, 4.69) is 5.32 Å². The van der Waals surface area contributed by atoms with E-state index in [1.165, 1.54) is 31.3 Å². The number of alkyl halides is 3. The van der Waals surface area contributed by atoms with Crippen molar-refractivity contribution in [1.82, 2.24) is 14.9 Å². The van der Waals surface area contributed by atoms with Gasteiger partial charge in [-0.15, -0.1) is 0 Å². The normalized spacial score (nSPS) is 17.0. The van der Waals surface area contributed by atoms with Gasteiger partial charge in [0, 0.05) is 13.6 Å². The second-order valence-electron chi connectivity index (χ2n) is 6.40. The quantitative estimate of drug-likeness (QED) is 0.667.